The first-order valence-corrected chi connectivity index (χ1v) is 51.0. The highest BCUT2D eigenvalue weighted by Crippen LogP contribution is 2.33. The second-order valence-electron chi connectivity index (χ2n) is 38.0. The zero-order valence-electron chi connectivity index (χ0n) is 84.9. The van der Waals surface area contributed by atoms with Crippen LogP contribution in [0.2, 0.25) is 0 Å². The predicted octanol–water partition coefficient (Wildman–Crippen LogP) is -11.4. The van der Waals surface area contributed by atoms with Gasteiger partial charge in [0.15, 0.2) is 37.7 Å². The first-order valence-electron chi connectivity index (χ1n) is 51.0. The minimum Gasteiger partial charge on any atom is -0.388 e. The molecule has 9 fully saturated rings. The van der Waals surface area contributed by atoms with Crippen molar-refractivity contribution in [3.8, 4) is 0 Å². The van der Waals surface area contributed by atoms with Crippen LogP contribution in [0.3, 0.4) is 0 Å². The molecule has 147 heavy (non-hydrogen) atoms. The molecule has 0 aromatic heterocycles. The molecule has 0 saturated carbocycles. The lowest BCUT2D eigenvalue weighted by Gasteiger charge is -2.39. The van der Waals surface area contributed by atoms with Crippen molar-refractivity contribution in [3.63, 3.8) is 0 Å². The van der Waals surface area contributed by atoms with Gasteiger partial charge in [0, 0.05) is 117 Å². The van der Waals surface area contributed by atoms with Gasteiger partial charge in [0.2, 0.25) is 70.9 Å². The molecule has 0 aromatic rings. The van der Waals surface area contributed by atoms with Gasteiger partial charge in [-0.1, -0.05) is 0 Å². The molecule has 9 aliphatic rings. The van der Waals surface area contributed by atoms with Crippen LogP contribution in [0.5, 0.6) is 0 Å². The van der Waals surface area contributed by atoms with E-state index in [1.54, 1.807) is 0 Å². The van der Waals surface area contributed by atoms with E-state index in [1.165, 1.54) is 56.2 Å². The molecular formula is C93H162N12O42. The van der Waals surface area contributed by atoms with Crippen LogP contribution in [0.1, 0.15) is 178 Å². The minimum absolute atomic E-state index is 0.0123. The maximum Gasteiger partial charge on any atom is 0.242 e. The molecule has 0 aliphatic carbocycles. The molecule has 0 aromatic carbocycles. The molecule has 0 bridgehead atoms. The molecule has 36 atom stereocenters. The van der Waals surface area contributed by atoms with Gasteiger partial charge in [-0.05, 0) is 139 Å². The Morgan fingerprint density at radius 2 is 0.401 bits per heavy atom. The van der Waals surface area contributed by atoms with E-state index in [2.05, 4.69) is 47.9 Å². The van der Waals surface area contributed by atoms with E-state index < -0.39 is 238 Å². The number of nitrogens with one attached hydrogen (secondary N) is 9. The maximum absolute atomic E-state index is 13.4. The summed E-state index contributed by atoms with van der Waals surface area (Å²) in [5.74, 6) is -5.77. The van der Waals surface area contributed by atoms with Gasteiger partial charge in [-0.25, -0.2) is 0 Å². The first-order chi connectivity index (χ1) is 69.8. The molecule has 27 N–H and O–H groups in total. The smallest absolute Gasteiger partial charge is 0.242 e. The number of unbranched alkanes of at least 4 members (excludes halogenated alkanes) is 3. The monoisotopic (exact) mass is 2120 g/mol. The van der Waals surface area contributed by atoms with Crippen LogP contribution >= 0.6 is 0 Å². The Labute approximate surface area is 852 Å². The molecular weight excluding hydrogens is 1960 g/mol. The van der Waals surface area contributed by atoms with E-state index in [9.17, 15) is 149 Å². The zero-order valence-corrected chi connectivity index (χ0v) is 84.9. The number of piperidine rings is 3. The Balaban J connectivity index is 0.000000299. The Kier molecular flexibility index (Phi) is 54.8. The fourth-order valence-electron chi connectivity index (χ4n) is 18.0. The number of hydrogen-bond donors (Lipinski definition) is 27. The van der Waals surface area contributed by atoms with Crippen molar-refractivity contribution >= 4 is 70.9 Å². The molecule has 0 radical (unpaired) electrons. The number of carbonyl (C=O) groups is 12. The van der Waals surface area contributed by atoms with Crippen LogP contribution in [0.15, 0.2) is 0 Å². The molecule has 9 aliphatic heterocycles. The summed E-state index contributed by atoms with van der Waals surface area (Å²) < 4.78 is 65.1. The van der Waals surface area contributed by atoms with E-state index >= 15 is 0 Å². The Morgan fingerprint density at radius 3 is 0.578 bits per heavy atom. The SMILES string of the molecule is CCNC(=O)CCCCC(=O)N1C[C@H](C(=O)NCCO[C@@H]2O[C@@H](C)[C@@H](O)[C@@H](O)[C@@H]2O)CC[C@@H]1C(=O)NCCO[C@@H]1O[C@@H](C)[C@@H](O)[C@@H](O)[C@@H]1O.CCNC(=O)CCCCC(=O)N1C[C@H](C(=O)NCCO[C@@H]2O[C@@H](C)[C@@H](O)[C@@H](O)[C@@H]2O)CC[C@@H]1C(=O)NCCO[C@@H]1O[C@@H](C)[C@@H](O)[C@@H](O)[C@@H]1O.CCNC(=O)CCCCC(=O)N1C[C@H](C(=O)NCCO[C@@H]2O[C@@H](C)[C@@H](O)[C@@H](O)[C@@H]2O)CC[C@@H]1C(=O)NCCO[C@@H]1O[C@@H](C)[C@@H](O)[C@@H](O)[C@@H]1O. The van der Waals surface area contributed by atoms with Crippen LogP contribution in [-0.2, 0) is 114 Å². The van der Waals surface area contributed by atoms with Gasteiger partial charge >= 0.3 is 0 Å². The summed E-state index contributed by atoms with van der Waals surface area (Å²) in [5, 5.41) is 204. The highest BCUT2D eigenvalue weighted by molar-refractivity contribution is 5.91. The van der Waals surface area contributed by atoms with Gasteiger partial charge in [-0.3, -0.25) is 57.5 Å². The van der Waals surface area contributed by atoms with Gasteiger partial charge < -0.3 is 211 Å². The zero-order chi connectivity index (χ0) is 109. The van der Waals surface area contributed by atoms with Crippen molar-refractivity contribution in [2.75, 3.05) is 118 Å². The molecule has 12 amide bonds. The van der Waals surface area contributed by atoms with Crippen LogP contribution in [-0.4, -0.2) is 498 Å². The molecule has 0 unspecified atom stereocenters. The van der Waals surface area contributed by atoms with Crippen molar-refractivity contribution in [2.24, 2.45) is 17.8 Å². The van der Waals surface area contributed by atoms with Gasteiger partial charge in [0.1, 0.15) is 128 Å². The van der Waals surface area contributed by atoms with Crippen LogP contribution in [0, 0.1) is 17.8 Å². The van der Waals surface area contributed by atoms with Crippen molar-refractivity contribution < 1.29 is 206 Å². The third-order valence-corrected chi connectivity index (χ3v) is 26.9. The van der Waals surface area contributed by atoms with Crippen molar-refractivity contribution in [1.82, 2.24) is 62.6 Å². The average Bonchev–Trinajstić information content (AvgIpc) is 0.805. The van der Waals surface area contributed by atoms with Crippen LogP contribution in [0.4, 0.5) is 0 Å². The Hall–Kier alpha value is -7.56. The first kappa shape index (κ1) is 126. The quantitative estimate of drug-likeness (QED) is 0.0252. The normalized spacial score (nSPS) is 35.0. The van der Waals surface area contributed by atoms with E-state index in [0.717, 1.165) is 0 Å². The van der Waals surface area contributed by atoms with Gasteiger partial charge in [-0.15, -0.1) is 0 Å². The van der Waals surface area contributed by atoms with Gasteiger partial charge in [-0.2, -0.15) is 0 Å². The number of likely N-dealkylation sites (tertiary alicyclic amines) is 3. The summed E-state index contributed by atoms with van der Waals surface area (Å²) in [6, 6.07) is -2.61. The van der Waals surface area contributed by atoms with Crippen LogP contribution in [0.25, 0.3) is 0 Å². The third kappa shape index (κ3) is 38.3. The number of nitrogens with zero attached hydrogens (tertiary/aromatic N) is 3. The summed E-state index contributed by atoms with van der Waals surface area (Å²) in [5.41, 5.74) is 0. The van der Waals surface area contributed by atoms with Crippen molar-refractivity contribution in [2.45, 2.75) is 380 Å². The summed E-state index contributed by atoms with van der Waals surface area (Å²) in [6.07, 6.45) is -32.2. The second-order valence-corrected chi connectivity index (χ2v) is 38.0. The van der Waals surface area contributed by atoms with Gasteiger partial charge in [0.05, 0.1) is 94.0 Å². The van der Waals surface area contributed by atoms with Gasteiger partial charge in [0.25, 0.3) is 0 Å². The average molecular weight is 2120 g/mol. The van der Waals surface area contributed by atoms with E-state index in [0.29, 0.717) is 77.4 Å². The van der Waals surface area contributed by atoms with E-state index in [-0.39, 0.29) is 209 Å². The summed E-state index contributed by atoms with van der Waals surface area (Å²) >= 11 is 0. The highest BCUT2D eigenvalue weighted by atomic mass is 16.7. The van der Waals surface area contributed by atoms with Crippen LogP contribution < -0.4 is 47.9 Å². The molecule has 54 nitrogen and oxygen atoms in total. The number of amides is 12. The summed E-state index contributed by atoms with van der Waals surface area (Å²) in [4.78, 5) is 159. The minimum atomic E-state index is -1.49. The summed E-state index contributed by atoms with van der Waals surface area (Å²) in [7, 11) is 0. The topological polar surface area (TPSA) is 798 Å². The highest BCUT2D eigenvalue weighted by Gasteiger charge is 2.51. The Morgan fingerprint density at radius 1 is 0.231 bits per heavy atom. The number of rotatable bonds is 48. The molecule has 54 heteroatoms. The standard InChI is InChI=1S/3C31H54N4O14/c3*1-4-32-20(36)7-5-6-8-21(37)35-15-18(28(44)33-11-13-46-30-26(42)24(40)22(38)16(2)48-30)9-10-19(35)29(45)34-12-14-47-31-27(43)25(41)23(39)17(3)49-31/h3*16-19,22-27,30-31,38-43H,4-15H2,1-3H3,(H,32,36)(H,33,44)(H,34,45)/t3*16-,17-,18+,19+,22+,23+,24+,25+,26-,27-,30+,31+/m000/s1. The molecule has 9 saturated heterocycles. The summed E-state index contributed by atoms with van der Waals surface area (Å²) in [6.45, 7) is 15.5. The number of carbonyl (C=O) groups excluding carboxylic acids is 12. The predicted molar refractivity (Wildman–Crippen MR) is 504 cm³/mol. The lowest BCUT2D eigenvalue weighted by molar-refractivity contribution is -0.292. The fourth-order valence-corrected chi connectivity index (χ4v) is 18.0. The second kappa shape index (κ2) is 63.8. The molecule has 9 heterocycles. The Bertz CT molecular complexity index is 3650. The van der Waals surface area contributed by atoms with E-state index in [4.69, 9.17) is 56.8 Å². The van der Waals surface area contributed by atoms with Crippen molar-refractivity contribution in [1.29, 1.82) is 0 Å². The molecule has 9 rings (SSSR count). The number of ether oxygens (including phenoxy) is 12. The lowest BCUT2D eigenvalue weighted by atomic mass is 9.91. The molecule has 846 valence electrons. The molecule has 0 spiro atoms. The largest absolute Gasteiger partial charge is 0.388 e. The fraction of sp³-hybridized carbons (Fsp3) is 0.871. The van der Waals surface area contributed by atoms with E-state index in [1.807, 2.05) is 20.8 Å². The maximum atomic E-state index is 13.4. The number of hydrogen-bond acceptors (Lipinski definition) is 42. The lowest BCUT2D eigenvalue weighted by Crippen LogP contribution is -2.58. The number of aliphatic hydroxyl groups is 18. The van der Waals surface area contributed by atoms with Crippen molar-refractivity contribution in [3.05, 3.63) is 0 Å². The number of aliphatic hydroxyl groups excluding tert-OH is 18. The third-order valence-electron chi connectivity index (χ3n) is 26.9.